The van der Waals surface area contributed by atoms with Gasteiger partial charge in [0.1, 0.15) is 0 Å². The minimum atomic E-state index is 0. The Morgan fingerprint density at radius 2 is 1.00 bits per heavy atom. The summed E-state index contributed by atoms with van der Waals surface area (Å²) in [5.74, 6) is 0. The van der Waals surface area contributed by atoms with Crippen molar-refractivity contribution in [3.8, 4) is 0 Å². The second kappa shape index (κ2) is 15.8. The molecule has 0 bridgehead atoms. The van der Waals surface area contributed by atoms with E-state index in [9.17, 15) is 0 Å². The van der Waals surface area contributed by atoms with Crippen molar-refractivity contribution in [2.45, 2.75) is 0 Å². The van der Waals surface area contributed by atoms with Crippen molar-refractivity contribution in [3.05, 3.63) is 0 Å². The van der Waals surface area contributed by atoms with E-state index in [2.05, 4.69) is 0 Å². The fourth-order valence-corrected chi connectivity index (χ4v) is 0. The monoisotopic (exact) mass is 288 g/mol. The second-order valence-electron chi connectivity index (χ2n) is 0. The molecule has 0 spiro atoms. The van der Waals surface area contributed by atoms with Crippen molar-refractivity contribution >= 4 is 60.8 Å². The summed E-state index contributed by atoms with van der Waals surface area (Å²) in [6.07, 6.45) is 0. The van der Waals surface area contributed by atoms with Crippen LogP contribution in [0.5, 0.6) is 0 Å². The fourth-order valence-electron chi connectivity index (χ4n) is 0. The minimum absolute atomic E-state index is 0. The van der Waals surface area contributed by atoms with Crippen LogP contribution in [0, 0.1) is 37.7 Å². The summed E-state index contributed by atoms with van der Waals surface area (Å²) in [7, 11) is 0. The Hall–Kier alpha value is 3.81. The Kier molecular flexibility index (Phi) is 98.8. The molecule has 0 amide bonds. The molecule has 0 aliphatic rings. The zero-order chi connectivity index (χ0) is 0. The van der Waals surface area contributed by atoms with E-state index in [4.69, 9.17) is 0 Å². The van der Waals surface area contributed by atoms with Crippen LogP contribution >= 0.6 is 0 Å². The maximum Gasteiger partial charge on any atom is 0.316 e. The standard InChI is InChI=1S/Ca.Ho.Mg.Mn.4H. The molecule has 0 atom stereocenters. The molecule has 4 heteroatoms. The van der Waals surface area contributed by atoms with Crippen molar-refractivity contribution in [1.29, 1.82) is 0 Å². The molecule has 26 valence electrons. The summed E-state index contributed by atoms with van der Waals surface area (Å²) in [5.41, 5.74) is 0. The van der Waals surface area contributed by atoms with Crippen LogP contribution in [0.4, 0.5) is 0 Å². The van der Waals surface area contributed by atoms with Gasteiger partial charge >= 0.3 is 60.8 Å². The fraction of sp³-hybridized carbons (Fsp3) is 0. The van der Waals surface area contributed by atoms with Gasteiger partial charge in [0.15, 0.2) is 0 Å². The molecule has 0 heterocycles. The molecule has 0 saturated heterocycles. The predicted molar refractivity (Wildman–Crippen MR) is 17.1 cm³/mol. The van der Waals surface area contributed by atoms with Gasteiger partial charge in [-0.15, -0.1) is 0 Å². The topological polar surface area (TPSA) is 0 Å². The Labute approximate surface area is 112 Å². The average molecular weight is 288 g/mol. The van der Waals surface area contributed by atoms with E-state index >= 15 is 0 Å². The van der Waals surface area contributed by atoms with Crippen LogP contribution in [0.15, 0.2) is 0 Å². The molecule has 0 rings (SSSR count). The van der Waals surface area contributed by atoms with Crippen LogP contribution < -0.4 is 0 Å². The molecule has 4 heavy (non-hydrogen) atoms. The number of hydrogen-bond acceptors (Lipinski definition) is 0. The van der Waals surface area contributed by atoms with Crippen LogP contribution in [-0.2, 0) is 17.1 Å². The quantitative estimate of drug-likeness (QED) is 0.460. The Morgan fingerprint density at radius 1 is 1.00 bits per heavy atom. The number of hydrogen-bond donors (Lipinski definition) is 0. The van der Waals surface area contributed by atoms with Gasteiger partial charge in [-0.3, -0.25) is 0 Å². The van der Waals surface area contributed by atoms with E-state index < -0.39 is 0 Å². The van der Waals surface area contributed by atoms with E-state index in [1.54, 1.807) is 0 Å². The summed E-state index contributed by atoms with van der Waals surface area (Å²) in [5, 5.41) is 0. The van der Waals surface area contributed by atoms with Crippen LogP contribution in [0.25, 0.3) is 0 Å². The molecule has 0 nitrogen and oxygen atoms in total. The summed E-state index contributed by atoms with van der Waals surface area (Å²) >= 11 is 0. The molecule has 2 radical (unpaired) electrons. The van der Waals surface area contributed by atoms with Crippen molar-refractivity contribution < 1.29 is 54.8 Å². The minimum Gasteiger partial charge on any atom is 0 e. The summed E-state index contributed by atoms with van der Waals surface area (Å²) < 4.78 is 0. The van der Waals surface area contributed by atoms with Gasteiger partial charge in [-0.05, 0) is 0 Å². The molecule has 0 aliphatic carbocycles. The van der Waals surface area contributed by atoms with Gasteiger partial charge in [0.25, 0.3) is 0 Å². The van der Waals surface area contributed by atoms with Crippen molar-refractivity contribution in [2.75, 3.05) is 0 Å². The first-order valence-corrected chi connectivity index (χ1v) is 0. The van der Waals surface area contributed by atoms with Crippen molar-refractivity contribution in [3.63, 3.8) is 0 Å². The maximum atomic E-state index is 0. The van der Waals surface area contributed by atoms with Gasteiger partial charge in [0.05, 0.1) is 0 Å². The molecule has 0 unspecified atom stereocenters. The van der Waals surface area contributed by atoms with Crippen LogP contribution in [0.1, 0.15) is 0 Å². The van der Waals surface area contributed by atoms with E-state index in [-0.39, 0.29) is 116 Å². The second-order valence-corrected chi connectivity index (χ2v) is 0. The summed E-state index contributed by atoms with van der Waals surface area (Å²) in [4.78, 5) is 0. The molecule has 0 saturated carbocycles. The molecular formula is H4CaHoMgMn. The third-order valence-corrected chi connectivity index (χ3v) is 0. The van der Waals surface area contributed by atoms with Crippen LogP contribution in [0.2, 0.25) is 0 Å². The van der Waals surface area contributed by atoms with E-state index in [1.165, 1.54) is 0 Å². The van der Waals surface area contributed by atoms with Gasteiger partial charge in [-0.1, -0.05) is 0 Å². The van der Waals surface area contributed by atoms with E-state index in [0.717, 1.165) is 0 Å². The Bertz CT molecular complexity index is 8.00. The van der Waals surface area contributed by atoms with Crippen LogP contribution in [-0.4, -0.2) is 60.8 Å². The summed E-state index contributed by atoms with van der Waals surface area (Å²) in [6.45, 7) is 0. The average Bonchev–Trinajstić information content (AvgIpc) is 0. The largest absolute Gasteiger partial charge is 0.316 e. The smallest absolute Gasteiger partial charge is 0 e. The molecule has 0 N–H and O–H groups in total. The maximum absolute atomic E-state index is 0. The van der Waals surface area contributed by atoms with E-state index in [1.807, 2.05) is 0 Å². The van der Waals surface area contributed by atoms with Crippen molar-refractivity contribution in [2.24, 2.45) is 0 Å². The zero-order valence-corrected chi connectivity index (χ0v) is 3.79. The third kappa shape index (κ3) is 9.26. The predicted octanol–water partition coefficient (Wildman–Crippen LogP) is -1.83. The molecule has 0 fully saturated rings. The SMILES string of the molecule is [CaH2].[Ho].[MgH2].[Mn]. The molecule has 0 aromatic rings. The Morgan fingerprint density at radius 3 is 1.00 bits per heavy atom. The third-order valence-electron chi connectivity index (χ3n) is 0. The normalized spacial score (nSPS) is 0. The van der Waals surface area contributed by atoms with Gasteiger partial charge in [0.2, 0.25) is 0 Å². The summed E-state index contributed by atoms with van der Waals surface area (Å²) in [6, 6.07) is 0. The molecule has 0 aromatic heterocycles. The van der Waals surface area contributed by atoms with Gasteiger partial charge in [0, 0.05) is 54.8 Å². The van der Waals surface area contributed by atoms with Gasteiger partial charge < -0.3 is 0 Å². The molecular weight excluding hydrogens is 284 g/mol. The number of rotatable bonds is 0. The Balaban J connectivity index is 0. The van der Waals surface area contributed by atoms with Gasteiger partial charge in [-0.25, -0.2) is 0 Å². The first-order valence-electron chi connectivity index (χ1n) is 0. The zero-order valence-electron chi connectivity index (χ0n) is 0.679. The van der Waals surface area contributed by atoms with Gasteiger partial charge in [-0.2, -0.15) is 0 Å². The van der Waals surface area contributed by atoms with Crippen LogP contribution in [0.3, 0.4) is 0 Å². The first-order chi connectivity index (χ1) is 0. The molecule has 0 aliphatic heterocycles. The first kappa shape index (κ1) is 25.0. The van der Waals surface area contributed by atoms with E-state index in [0.29, 0.717) is 0 Å². The van der Waals surface area contributed by atoms with Crippen molar-refractivity contribution in [1.82, 2.24) is 0 Å². The molecule has 0 aromatic carbocycles.